The molecule has 0 radical (unpaired) electrons. The van der Waals surface area contributed by atoms with Crippen LogP contribution in [0.25, 0.3) is 0 Å². The second-order valence-electron chi connectivity index (χ2n) is 5.64. The number of piperidine rings is 1. The van der Waals surface area contributed by atoms with Crippen molar-refractivity contribution in [2.45, 2.75) is 38.1 Å². The molecule has 0 bridgehead atoms. The summed E-state index contributed by atoms with van der Waals surface area (Å²) < 4.78 is 27.1. The van der Waals surface area contributed by atoms with Gasteiger partial charge in [-0.2, -0.15) is 4.31 Å². The number of nitrogens with zero attached hydrogens (tertiary/aromatic N) is 1. The molecule has 4 nitrogen and oxygen atoms in total. The lowest BCUT2D eigenvalue weighted by atomic mass is 10.0. The normalized spacial score (nSPS) is 20.6. The molecule has 2 rings (SSSR count). The highest BCUT2D eigenvalue weighted by Gasteiger charge is 2.28. The molecule has 1 saturated heterocycles. The van der Waals surface area contributed by atoms with E-state index in [0.29, 0.717) is 35.5 Å². The van der Waals surface area contributed by atoms with Crippen molar-refractivity contribution in [2.24, 2.45) is 5.92 Å². The molecule has 21 heavy (non-hydrogen) atoms. The summed E-state index contributed by atoms with van der Waals surface area (Å²) in [7, 11) is -3.41. The molecule has 0 spiro atoms. The molecule has 1 aromatic rings. The van der Waals surface area contributed by atoms with Crippen LogP contribution in [-0.4, -0.2) is 32.4 Å². The molecule has 1 aromatic carbocycles. The number of sulfonamides is 1. The average molecular weight is 331 g/mol. The first kappa shape index (κ1) is 16.7. The van der Waals surface area contributed by atoms with Gasteiger partial charge in [0.25, 0.3) is 0 Å². The van der Waals surface area contributed by atoms with Crippen LogP contribution in [0.2, 0.25) is 5.02 Å². The Balaban J connectivity index is 2.27. The first-order valence-corrected chi connectivity index (χ1v) is 9.26. The minimum atomic E-state index is -3.41. The quantitative estimate of drug-likeness (QED) is 0.903. The van der Waals surface area contributed by atoms with Gasteiger partial charge in [-0.3, -0.25) is 0 Å². The van der Waals surface area contributed by atoms with E-state index in [4.69, 9.17) is 11.6 Å². The third kappa shape index (κ3) is 3.97. The van der Waals surface area contributed by atoms with Crippen molar-refractivity contribution in [3.8, 4) is 0 Å². The van der Waals surface area contributed by atoms with Gasteiger partial charge in [0.1, 0.15) is 0 Å². The summed E-state index contributed by atoms with van der Waals surface area (Å²) in [5, 5.41) is 3.78. The number of rotatable bonds is 5. The number of benzene rings is 1. The van der Waals surface area contributed by atoms with E-state index in [0.717, 1.165) is 24.9 Å². The number of hydrogen-bond acceptors (Lipinski definition) is 3. The van der Waals surface area contributed by atoms with Gasteiger partial charge in [-0.05, 0) is 49.1 Å². The van der Waals surface area contributed by atoms with Crippen molar-refractivity contribution in [3.63, 3.8) is 0 Å². The van der Waals surface area contributed by atoms with E-state index in [-0.39, 0.29) is 0 Å². The van der Waals surface area contributed by atoms with Crippen LogP contribution in [0.3, 0.4) is 0 Å². The molecule has 1 heterocycles. The number of nitrogens with one attached hydrogen (secondary N) is 1. The van der Waals surface area contributed by atoms with Crippen molar-refractivity contribution in [2.75, 3.05) is 19.6 Å². The summed E-state index contributed by atoms with van der Waals surface area (Å²) in [6, 6.07) is 4.97. The molecular weight excluding hydrogens is 308 g/mol. The maximum atomic E-state index is 12.7. The Bertz CT molecular complexity index is 589. The van der Waals surface area contributed by atoms with E-state index in [9.17, 15) is 8.42 Å². The zero-order valence-electron chi connectivity index (χ0n) is 12.6. The van der Waals surface area contributed by atoms with Gasteiger partial charge >= 0.3 is 0 Å². The number of hydrogen-bond donors (Lipinski definition) is 1. The third-order valence-corrected chi connectivity index (χ3v) is 6.07. The molecule has 0 saturated carbocycles. The number of halogens is 1. The smallest absolute Gasteiger partial charge is 0.243 e. The van der Waals surface area contributed by atoms with E-state index >= 15 is 0 Å². The summed E-state index contributed by atoms with van der Waals surface area (Å²) in [6.45, 7) is 6.71. The predicted octanol–water partition coefficient (Wildman–Crippen LogP) is 2.87. The van der Waals surface area contributed by atoms with E-state index in [2.05, 4.69) is 12.2 Å². The van der Waals surface area contributed by atoms with Crippen LogP contribution in [0.4, 0.5) is 0 Å². The van der Waals surface area contributed by atoms with Gasteiger partial charge in [0.15, 0.2) is 0 Å². The average Bonchev–Trinajstić information content (AvgIpc) is 2.46. The van der Waals surface area contributed by atoms with Crippen LogP contribution in [0.15, 0.2) is 23.1 Å². The topological polar surface area (TPSA) is 49.4 Å². The summed E-state index contributed by atoms with van der Waals surface area (Å²) in [4.78, 5) is 0.342. The molecule has 1 unspecified atom stereocenters. The predicted molar refractivity (Wildman–Crippen MR) is 86.0 cm³/mol. The van der Waals surface area contributed by atoms with Gasteiger partial charge < -0.3 is 5.32 Å². The highest BCUT2D eigenvalue weighted by atomic mass is 35.5. The molecule has 1 fully saturated rings. The highest BCUT2D eigenvalue weighted by molar-refractivity contribution is 7.89. The van der Waals surface area contributed by atoms with Crippen LogP contribution in [-0.2, 0) is 16.6 Å². The SMILES string of the molecule is CCNCc1cc(S(=O)(=O)N2CCCC(C)C2)ccc1Cl. The molecule has 0 aliphatic carbocycles. The third-order valence-electron chi connectivity index (χ3n) is 3.84. The lowest BCUT2D eigenvalue weighted by Gasteiger charge is -2.30. The molecule has 1 aliphatic rings. The lowest BCUT2D eigenvalue weighted by Crippen LogP contribution is -2.39. The largest absolute Gasteiger partial charge is 0.313 e. The van der Waals surface area contributed by atoms with E-state index in [1.165, 1.54) is 0 Å². The molecular formula is C15H23ClN2O2S. The molecule has 1 aliphatic heterocycles. The van der Waals surface area contributed by atoms with Crippen molar-refractivity contribution in [3.05, 3.63) is 28.8 Å². The van der Waals surface area contributed by atoms with Gasteiger partial charge in [0.2, 0.25) is 10.0 Å². The Kier molecular flexibility index (Phi) is 5.66. The molecule has 118 valence electrons. The van der Waals surface area contributed by atoms with E-state index in [1.54, 1.807) is 22.5 Å². The lowest BCUT2D eigenvalue weighted by molar-refractivity contribution is 0.281. The van der Waals surface area contributed by atoms with Crippen molar-refractivity contribution in [1.29, 1.82) is 0 Å². The molecule has 6 heteroatoms. The fourth-order valence-corrected chi connectivity index (χ4v) is 4.45. The van der Waals surface area contributed by atoms with Gasteiger partial charge in [-0.25, -0.2) is 8.42 Å². The van der Waals surface area contributed by atoms with Gasteiger partial charge in [0, 0.05) is 24.7 Å². The van der Waals surface area contributed by atoms with Crippen molar-refractivity contribution >= 4 is 21.6 Å². The first-order chi connectivity index (χ1) is 9.95. The second-order valence-corrected chi connectivity index (χ2v) is 7.99. The van der Waals surface area contributed by atoms with Gasteiger partial charge in [-0.15, -0.1) is 0 Å². The molecule has 1 atom stereocenters. The molecule has 0 amide bonds. The minimum Gasteiger partial charge on any atom is -0.313 e. The Morgan fingerprint density at radius 2 is 2.19 bits per heavy atom. The Labute approximate surface area is 132 Å². The Morgan fingerprint density at radius 3 is 2.86 bits per heavy atom. The first-order valence-electron chi connectivity index (χ1n) is 7.44. The fourth-order valence-electron chi connectivity index (χ4n) is 2.62. The molecule has 1 N–H and O–H groups in total. The van der Waals surface area contributed by atoms with Crippen molar-refractivity contribution < 1.29 is 8.42 Å². The van der Waals surface area contributed by atoms with Crippen LogP contribution >= 0.6 is 11.6 Å². The minimum absolute atomic E-state index is 0.342. The summed E-state index contributed by atoms with van der Waals surface area (Å²) in [5.74, 6) is 0.419. The van der Waals surface area contributed by atoms with Crippen molar-refractivity contribution in [1.82, 2.24) is 9.62 Å². The van der Waals surface area contributed by atoms with Crippen LogP contribution in [0.1, 0.15) is 32.3 Å². The van der Waals surface area contributed by atoms with Crippen LogP contribution in [0.5, 0.6) is 0 Å². The fraction of sp³-hybridized carbons (Fsp3) is 0.600. The maximum absolute atomic E-state index is 12.7. The summed E-state index contributed by atoms with van der Waals surface area (Å²) >= 11 is 6.14. The standard InChI is InChI=1S/C15H23ClN2O2S/c1-3-17-10-13-9-14(6-7-15(13)16)21(19,20)18-8-4-5-12(2)11-18/h6-7,9,12,17H,3-5,8,10-11H2,1-2H3. The zero-order chi connectivity index (χ0) is 15.5. The second kappa shape index (κ2) is 7.09. The van der Waals surface area contributed by atoms with Gasteiger partial charge in [0.05, 0.1) is 4.90 Å². The van der Waals surface area contributed by atoms with Gasteiger partial charge in [-0.1, -0.05) is 25.4 Å². The van der Waals surface area contributed by atoms with E-state index < -0.39 is 10.0 Å². The zero-order valence-corrected chi connectivity index (χ0v) is 14.2. The Hall–Kier alpha value is -0.620. The van der Waals surface area contributed by atoms with Crippen LogP contribution in [0, 0.1) is 5.92 Å². The Morgan fingerprint density at radius 1 is 1.43 bits per heavy atom. The summed E-state index contributed by atoms with van der Waals surface area (Å²) in [6.07, 6.45) is 2.02. The maximum Gasteiger partial charge on any atom is 0.243 e. The van der Waals surface area contributed by atoms with E-state index in [1.807, 2.05) is 6.92 Å². The van der Waals surface area contributed by atoms with Crippen LogP contribution < -0.4 is 5.32 Å². The highest BCUT2D eigenvalue weighted by Crippen LogP contribution is 2.26. The summed E-state index contributed by atoms with van der Waals surface area (Å²) in [5.41, 5.74) is 0.824. The molecule has 0 aromatic heterocycles. The monoisotopic (exact) mass is 330 g/mol.